The molecule has 0 fully saturated rings. The lowest BCUT2D eigenvalue weighted by Crippen LogP contribution is -2.29. The van der Waals surface area contributed by atoms with E-state index in [9.17, 15) is 4.39 Å². The molecule has 0 saturated heterocycles. The van der Waals surface area contributed by atoms with Crippen LogP contribution in [-0.2, 0) is 4.74 Å². The van der Waals surface area contributed by atoms with Gasteiger partial charge in [0.2, 0.25) is 0 Å². The van der Waals surface area contributed by atoms with Crippen LogP contribution >= 0.6 is 0 Å². The van der Waals surface area contributed by atoms with Crippen molar-refractivity contribution in [2.45, 2.75) is 32.6 Å². The Labute approximate surface area is 193 Å². The highest BCUT2D eigenvalue weighted by molar-refractivity contribution is 5.92. The Morgan fingerprint density at radius 3 is 2.79 bits per heavy atom. The SMILES string of the molecule is CCN/C1=C(\C(N)OC)CC(C=NC)=C(N)c2ccc(F)cc2C(C)Oc2cc1cnc2N. The first kappa shape index (κ1) is 24.2. The van der Waals surface area contributed by atoms with Gasteiger partial charge in [-0.1, -0.05) is 0 Å². The molecule has 0 spiro atoms. The third-order valence-corrected chi connectivity index (χ3v) is 5.50. The first-order valence-corrected chi connectivity index (χ1v) is 10.7. The van der Waals surface area contributed by atoms with Crippen molar-refractivity contribution < 1.29 is 13.9 Å². The monoisotopic (exact) mass is 454 g/mol. The number of aromatic nitrogens is 1. The van der Waals surface area contributed by atoms with Gasteiger partial charge in [-0.25, -0.2) is 9.37 Å². The van der Waals surface area contributed by atoms with Crippen LogP contribution < -0.4 is 27.3 Å². The van der Waals surface area contributed by atoms with Crippen molar-refractivity contribution in [2.24, 2.45) is 16.5 Å². The molecule has 176 valence electrons. The third-order valence-electron chi connectivity index (χ3n) is 5.50. The molecule has 8 nitrogen and oxygen atoms in total. The van der Waals surface area contributed by atoms with Crippen molar-refractivity contribution in [2.75, 3.05) is 26.4 Å². The maximum absolute atomic E-state index is 14.2. The molecule has 0 aliphatic carbocycles. The standard InChI is InChI=1S/C24H31FN6O2/c1-5-30-22-15-9-20(23(27)31-12-15)33-13(2)18-10-16(25)6-7-17(18)21(26)14(11-29-3)8-19(22)24(28)32-4/h6-7,9-13,24,30H,5,8,26,28H2,1-4H3,(H2,27,31)/b21-14?,22-19-,29-11?. The largest absolute Gasteiger partial charge is 0.482 e. The quantitative estimate of drug-likeness (QED) is 0.403. The topological polar surface area (TPSA) is 134 Å². The van der Waals surface area contributed by atoms with Crippen LogP contribution in [-0.4, -0.2) is 38.1 Å². The van der Waals surface area contributed by atoms with Crippen molar-refractivity contribution in [3.63, 3.8) is 0 Å². The number of benzene rings is 1. The van der Waals surface area contributed by atoms with E-state index in [1.807, 2.05) is 13.8 Å². The van der Waals surface area contributed by atoms with E-state index in [1.165, 1.54) is 19.2 Å². The predicted octanol–water partition coefficient (Wildman–Crippen LogP) is 2.97. The highest BCUT2D eigenvalue weighted by Gasteiger charge is 2.24. The van der Waals surface area contributed by atoms with Gasteiger partial charge in [0.15, 0.2) is 11.6 Å². The summed E-state index contributed by atoms with van der Waals surface area (Å²) >= 11 is 0. The van der Waals surface area contributed by atoms with E-state index in [1.54, 1.807) is 31.6 Å². The molecule has 2 aromatic rings. The minimum atomic E-state index is -0.733. The first-order chi connectivity index (χ1) is 15.8. The second kappa shape index (κ2) is 10.5. The number of nitrogens with one attached hydrogen (secondary N) is 1. The maximum Gasteiger partial charge on any atom is 0.166 e. The van der Waals surface area contributed by atoms with E-state index >= 15 is 0 Å². The molecule has 0 amide bonds. The minimum absolute atomic E-state index is 0.219. The molecule has 2 bridgehead atoms. The number of pyridine rings is 1. The summed E-state index contributed by atoms with van der Waals surface area (Å²) in [5.74, 6) is 0.192. The second-order valence-corrected chi connectivity index (χ2v) is 7.69. The summed E-state index contributed by atoms with van der Waals surface area (Å²) < 4.78 is 25.9. The molecule has 2 heterocycles. The van der Waals surface area contributed by atoms with Gasteiger partial charge < -0.3 is 32.0 Å². The molecule has 0 radical (unpaired) electrons. The van der Waals surface area contributed by atoms with E-state index in [-0.39, 0.29) is 5.82 Å². The zero-order valence-electron chi connectivity index (χ0n) is 19.4. The van der Waals surface area contributed by atoms with Gasteiger partial charge in [-0.2, -0.15) is 0 Å². The summed E-state index contributed by atoms with van der Waals surface area (Å²) in [7, 11) is 3.20. The van der Waals surface area contributed by atoms with Crippen LogP contribution in [0.15, 0.2) is 46.6 Å². The summed E-state index contributed by atoms with van der Waals surface area (Å²) in [6, 6.07) is 6.20. The number of aliphatic imine (C=N–C) groups is 1. The number of nitrogens with zero attached hydrogens (tertiary/aromatic N) is 2. The van der Waals surface area contributed by atoms with Crippen LogP contribution in [0.1, 0.15) is 43.1 Å². The van der Waals surface area contributed by atoms with Gasteiger partial charge in [0.1, 0.15) is 18.1 Å². The van der Waals surface area contributed by atoms with E-state index in [0.717, 1.165) is 16.8 Å². The molecular formula is C24H31FN6O2. The lowest BCUT2D eigenvalue weighted by atomic mass is 9.93. The number of methoxy groups -OCH3 is 1. The number of rotatable bonds is 5. The number of allylic oxidation sites excluding steroid dienone is 1. The van der Waals surface area contributed by atoms with Crippen LogP contribution in [0.3, 0.4) is 0 Å². The molecule has 1 aromatic carbocycles. The molecule has 1 aliphatic rings. The van der Waals surface area contributed by atoms with Gasteiger partial charge in [0.05, 0.1) is 0 Å². The third kappa shape index (κ3) is 5.15. The van der Waals surface area contributed by atoms with Crippen LogP contribution in [0.5, 0.6) is 5.75 Å². The zero-order chi connectivity index (χ0) is 24.1. The number of fused-ring (bicyclic) bond motifs is 3. The molecule has 2 unspecified atom stereocenters. The van der Waals surface area contributed by atoms with Crippen molar-refractivity contribution >= 4 is 23.4 Å². The van der Waals surface area contributed by atoms with Gasteiger partial charge in [0, 0.05) is 73.2 Å². The summed E-state index contributed by atoms with van der Waals surface area (Å²) in [6.07, 6.45) is 2.38. The van der Waals surface area contributed by atoms with Crippen LogP contribution in [0.2, 0.25) is 0 Å². The lowest BCUT2D eigenvalue weighted by molar-refractivity contribution is 0.136. The fraction of sp³-hybridized carbons (Fsp3) is 0.333. The van der Waals surface area contributed by atoms with Crippen molar-refractivity contribution in [1.82, 2.24) is 10.3 Å². The number of ether oxygens (including phenoxy) is 2. The highest BCUT2D eigenvalue weighted by atomic mass is 19.1. The van der Waals surface area contributed by atoms with Crippen LogP contribution in [0.25, 0.3) is 11.4 Å². The van der Waals surface area contributed by atoms with Gasteiger partial charge in [-0.3, -0.25) is 4.99 Å². The fourth-order valence-electron chi connectivity index (χ4n) is 3.85. The fourth-order valence-corrected chi connectivity index (χ4v) is 3.85. The number of hydrogen-bond donors (Lipinski definition) is 4. The summed E-state index contributed by atoms with van der Waals surface area (Å²) in [5, 5.41) is 3.37. The van der Waals surface area contributed by atoms with Crippen molar-refractivity contribution in [3.8, 4) is 5.75 Å². The molecular weight excluding hydrogens is 423 g/mol. The Kier molecular flexibility index (Phi) is 7.67. The van der Waals surface area contributed by atoms with Crippen molar-refractivity contribution in [1.29, 1.82) is 0 Å². The number of nitrogen functional groups attached to an aromatic ring is 1. The average Bonchev–Trinajstić information content (AvgIpc) is 2.80. The Morgan fingerprint density at radius 1 is 1.36 bits per heavy atom. The normalized spacial score (nSPS) is 20.0. The number of anilines is 1. The Morgan fingerprint density at radius 2 is 2.12 bits per heavy atom. The summed E-state index contributed by atoms with van der Waals surface area (Å²) in [4.78, 5) is 8.51. The molecule has 7 N–H and O–H groups in total. The summed E-state index contributed by atoms with van der Waals surface area (Å²) in [6.45, 7) is 4.42. The molecule has 0 saturated carbocycles. The Bertz CT molecular complexity index is 1110. The predicted molar refractivity (Wildman–Crippen MR) is 130 cm³/mol. The summed E-state index contributed by atoms with van der Waals surface area (Å²) in [5.41, 5.74) is 23.7. The van der Waals surface area contributed by atoms with E-state index in [2.05, 4.69) is 15.3 Å². The first-order valence-electron chi connectivity index (χ1n) is 10.7. The van der Waals surface area contributed by atoms with Gasteiger partial charge in [-0.05, 0) is 43.7 Å². The number of halogens is 1. The van der Waals surface area contributed by atoms with Gasteiger partial charge in [0.25, 0.3) is 0 Å². The van der Waals surface area contributed by atoms with Crippen LogP contribution in [0, 0.1) is 5.82 Å². The molecule has 2 atom stereocenters. The van der Waals surface area contributed by atoms with E-state index < -0.39 is 18.1 Å². The Hall–Kier alpha value is -3.43. The van der Waals surface area contributed by atoms with Crippen LogP contribution in [0.4, 0.5) is 10.2 Å². The number of hydrogen-bond acceptors (Lipinski definition) is 8. The smallest absolute Gasteiger partial charge is 0.166 e. The molecule has 33 heavy (non-hydrogen) atoms. The van der Waals surface area contributed by atoms with E-state index in [0.29, 0.717) is 41.1 Å². The Balaban J connectivity index is 2.40. The minimum Gasteiger partial charge on any atom is -0.482 e. The van der Waals surface area contributed by atoms with Gasteiger partial charge >= 0.3 is 0 Å². The van der Waals surface area contributed by atoms with E-state index in [4.69, 9.17) is 26.7 Å². The molecule has 9 heteroatoms. The molecule has 1 aliphatic heterocycles. The van der Waals surface area contributed by atoms with Crippen molar-refractivity contribution in [3.05, 3.63) is 64.1 Å². The molecule has 1 aromatic heterocycles. The van der Waals surface area contributed by atoms with Gasteiger partial charge in [-0.15, -0.1) is 0 Å². The highest BCUT2D eigenvalue weighted by Crippen LogP contribution is 2.35. The number of nitrogens with two attached hydrogens (primary N) is 3. The second-order valence-electron chi connectivity index (χ2n) is 7.69. The maximum atomic E-state index is 14.2. The average molecular weight is 455 g/mol. The zero-order valence-corrected chi connectivity index (χ0v) is 19.4. The molecule has 3 rings (SSSR count). The lowest BCUT2D eigenvalue weighted by Gasteiger charge is -2.25.